The van der Waals surface area contributed by atoms with E-state index in [9.17, 15) is 4.79 Å². The van der Waals surface area contributed by atoms with Gasteiger partial charge in [-0.15, -0.1) is 23.5 Å². The van der Waals surface area contributed by atoms with Crippen molar-refractivity contribution in [2.45, 2.75) is 0 Å². The van der Waals surface area contributed by atoms with Gasteiger partial charge in [-0.25, -0.2) is 4.85 Å². The fourth-order valence-corrected chi connectivity index (χ4v) is 1.86. The Morgan fingerprint density at radius 2 is 1.92 bits per heavy atom. The minimum atomic E-state index is -0.566. The second kappa shape index (κ2) is 5.98. The quantitative estimate of drug-likeness (QED) is 0.398. The zero-order chi connectivity index (χ0) is 9.56. The summed E-state index contributed by atoms with van der Waals surface area (Å²) in [6.07, 6.45) is 3.64. The topological polar surface area (TPSA) is 30.7 Å². The molecule has 0 aliphatic rings. The van der Waals surface area contributed by atoms with Gasteiger partial charge < -0.3 is 4.74 Å². The third kappa shape index (κ3) is 2.80. The van der Waals surface area contributed by atoms with Gasteiger partial charge in [0.2, 0.25) is 0 Å². The summed E-state index contributed by atoms with van der Waals surface area (Å²) in [6.45, 7) is 6.77. The molecular weight excluding hydrogens is 194 g/mol. The smallest absolute Gasteiger partial charge is 0.337 e. The number of carbonyl (C=O) groups is 1. The summed E-state index contributed by atoms with van der Waals surface area (Å²) in [5.41, 5.74) is 0.0671. The van der Waals surface area contributed by atoms with Crippen LogP contribution in [0.4, 0.5) is 0 Å². The molecule has 0 amide bonds. The molecule has 0 atom stereocenters. The van der Waals surface area contributed by atoms with Crippen molar-refractivity contribution in [3.05, 3.63) is 21.4 Å². The Kier molecular flexibility index (Phi) is 5.68. The van der Waals surface area contributed by atoms with Crippen molar-refractivity contribution in [1.29, 1.82) is 0 Å². The van der Waals surface area contributed by atoms with Crippen molar-refractivity contribution >= 4 is 29.5 Å². The van der Waals surface area contributed by atoms with Crippen LogP contribution in [0.5, 0.6) is 0 Å². The van der Waals surface area contributed by atoms with E-state index in [1.807, 2.05) is 12.5 Å². The van der Waals surface area contributed by atoms with Crippen molar-refractivity contribution in [2.75, 3.05) is 19.6 Å². The number of thioether (sulfide) groups is 2. The number of carbonyl (C=O) groups excluding carboxylic acids is 1. The van der Waals surface area contributed by atoms with Gasteiger partial charge >= 0.3 is 5.97 Å². The maximum atomic E-state index is 11.0. The van der Waals surface area contributed by atoms with Crippen LogP contribution >= 0.6 is 23.5 Å². The van der Waals surface area contributed by atoms with Gasteiger partial charge in [-0.1, -0.05) is 0 Å². The van der Waals surface area contributed by atoms with Gasteiger partial charge in [0, 0.05) is 0 Å². The van der Waals surface area contributed by atoms with Crippen molar-refractivity contribution < 1.29 is 9.53 Å². The molecule has 0 aliphatic heterocycles. The van der Waals surface area contributed by atoms with E-state index >= 15 is 0 Å². The van der Waals surface area contributed by atoms with Gasteiger partial charge in [0.05, 0.1) is 17.9 Å². The number of hydrogen-bond acceptors (Lipinski definition) is 4. The molecular formula is C7H9NO2S2. The van der Waals surface area contributed by atoms with E-state index in [4.69, 9.17) is 6.57 Å². The molecule has 3 nitrogen and oxygen atoms in total. The van der Waals surface area contributed by atoms with E-state index in [1.54, 1.807) is 0 Å². The Bertz CT molecular complexity index is 236. The fraction of sp³-hybridized carbons (Fsp3) is 0.429. The molecule has 0 aromatic carbocycles. The lowest BCUT2D eigenvalue weighted by Crippen LogP contribution is -2.02. The Morgan fingerprint density at radius 1 is 1.42 bits per heavy atom. The molecule has 0 radical (unpaired) electrons. The van der Waals surface area contributed by atoms with Crippen molar-refractivity contribution in [2.24, 2.45) is 0 Å². The van der Waals surface area contributed by atoms with Gasteiger partial charge in [0.15, 0.2) is 0 Å². The van der Waals surface area contributed by atoms with Crippen LogP contribution in [-0.4, -0.2) is 25.6 Å². The van der Waals surface area contributed by atoms with Gasteiger partial charge in [0.1, 0.15) is 0 Å². The molecule has 0 fully saturated rings. The molecule has 0 heterocycles. The van der Waals surface area contributed by atoms with Crippen LogP contribution in [0.25, 0.3) is 4.85 Å². The predicted molar refractivity (Wildman–Crippen MR) is 52.7 cm³/mol. The van der Waals surface area contributed by atoms with E-state index in [-0.39, 0.29) is 5.70 Å². The molecule has 0 aromatic heterocycles. The van der Waals surface area contributed by atoms with E-state index < -0.39 is 5.97 Å². The molecule has 0 saturated heterocycles. The molecule has 0 unspecified atom stereocenters. The van der Waals surface area contributed by atoms with Gasteiger partial charge in [-0.3, -0.25) is 4.79 Å². The Hall–Kier alpha value is -0.600. The fourth-order valence-electron chi connectivity index (χ4n) is 0.548. The summed E-state index contributed by atoms with van der Waals surface area (Å²) >= 11 is 2.75. The summed E-state index contributed by atoms with van der Waals surface area (Å²) in [7, 11) is 1.27. The lowest BCUT2D eigenvalue weighted by Gasteiger charge is -2.01. The van der Waals surface area contributed by atoms with Crippen LogP contribution in [0.3, 0.4) is 0 Å². The minimum absolute atomic E-state index is 0.0671. The van der Waals surface area contributed by atoms with E-state index in [0.717, 1.165) is 0 Å². The highest BCUT2D eigenvalue weighted by atomic mass is 32.2. The number of methoxy groups -OCH3 is 1. The molecule has 0 spiro atoms. The van der Waals surface area contributed by atoms with Crippen molar-refractivity contribution in [3.8, 4) is 0 Å². The molecule has 12 heavy (non-hydrogen) atoms. The molecule has 0 bridgehead atoms. The maximum absolute atomic E-state index is 11.0. The SMILES string of the molecule is [C-]#[N+]C(C(=O)OC)=C(SC)SC. The zero-order valence-electron chi connectivity index (χ0n) is 7.08. The van der Waals surface area contributed by atoms with Crippen LogP contribution in [0.1, 0.15) is 0 Å². The second-order valence-corrected chi connectivity index (χ2v) is 3.54. The number of nitrogens with zero attached hydrogens (tertiary/aromatic N) is 1. The van der Waals surface area contributed by atoms with E-state index in [0.29, 0.717) is 4.24 Å². The van der Waals surface area contributed by atoms with E-state index in [2.05, 4.69) is 9.58 Å². The zero-order valence-corrected chi connectivity index (χ0v) is 8.71. The summed E-state index contributed by atoms with van der Waals surface area (Å²) < 4.78 is 5.14. The first-order chi connectivity index (χ1) is 5.71. The number of rotatable bonds is 3. The largest absolute Gasteiger partial charge is 0.474 e. The highest BCUT2D eigenvalue weighted by molar-refractivity contribution is 8.21. The normalized spacial score (nSPS) is 8.50. The van der Waals surface area contributed by atoms with Crippen LogP contribution in [0, 0.1) is 6.57 Å². The molecule has 0 aromatic rings. The number of hydrogen-bond donors (Lipinski definition) is 0. The summed E-state index contributed by atoms with van der Waals surface area (Å²) in [6, 6.07) is 0. The van der Waals surface area contributed by atoms with Crippen LogP contribution in [-0.2, 0) is 9.53 Å². The van der Waals surface area contributed by atoms with Crippen molar-refractivity contribution in [1.82, 2.24) is 0 Å². The predicted octanol–water partition coefficient (Wildman–Crippen LogP) is 1.97. The molecule has 5 heteroatoms. The van der Waals surface area contributed by atoms with Gasteiger partial charge in [-0.2, -0.15) is 0 Å². The Labute approximate surface area is 80.4 Å². The number of ether oxygens (including phenoxy) is 1. The van der Waals surface area contributed by atoms with Gasteiger partial charge in [-0.05, 0) is 12.5 Å². The number of esters is 1. The lowest BCUT2D eigenvalue weighted by molar-refractivity contribution is -0.135. The third-order valence-corrected chi connectivity index (χ3v) is 3.18. The molecule has 0 saturated carbocycles. The summed E-state index contributed by atoms with van der Waals surface area (Å²) in [5.74, 6) is -0.566. The summed E-state index contributed by atoms with van der Waals surface area (Å²) in [5, 5.41) is 0. The maximum Gasteiger partial charge on any atom is 0.337 e. The average molecular weight is 203 g/mol. The molecule has 0 aliphatic carbocycles. The van der Waals surface area contributed by atoms with Crippen LogP contribution < -0.4 is 0 Å². The van der Waals surface area contributed by atoms with Gasteiger partial charge in [0.25, 0.3) is 5.70 Å². The average Bonchev–Trinajstić information content (AvgIpc) is 2.12. The molecule has 0 N–H and O–H groups in total. The lowest BCUT2D eigenvalue weighted by atomic mass is 10.5. The Morgan fingerprint density at radius 3 is 2.17 bits per heavy atom. The minimum Gasteiger partial charge on any atom is -0.474 e. The second-order valence-electron chi connectivity index (χ2n) is 1.65. The monoisotopic (exact) mass is 203 g/mol. The third-order valence-electron chi connectivity index (χ3n) is 1.05. The first-order valence-electron chi connectivity index (χ1n) is 2.99. The van der Waals surface area contributed by atoms with Crippen LogP contribution in [0.2, 0.25) is 0 Å². The highest BCUT2D eigenvalue weighted by Gasteiger charge is 2.15. The highest BCUT2D eigenvalue weighted by Crippen LogP contribution is 2.28. The molecule has 0 rings (SSSR count). The Balaban J connectivity index is 4.85. The first-order valence-corrected chi connectivity index (χ1v) is 5.44. The molecule has 66 valence electrons. The summed E-state index contributed by atoms with van der Waals surface area (Å²) in [4.78, 5) is 14.1. The van der Waals surface area contributed by atoms with E-state index in [1.165, 1.54) is 30.6 Å². The standard InChI is InChI=1S/C7H9NO2S2/c1-8-5(6(9)10-2)7(11-3)12-4/h2-4H3. The van der Waals surface area contributed by atoms with Crippen LogP contribution in [0.15, 0.2) is 9.93 Å². The van der Waals surface area contributed by atoms with Crippen molar-refractivity contribution in [3.63, 3.8) is 0 Å². The first kappa shape index (κ1) is 11.4.